The predicted octanol–water partition coefficient (Wildman–Crippen LogP) is 3.24. The second kappa shape index (κ2) is 8.98. The molecule has 2 saturated carbocycles. The van der Waals surface area contributed by atoms with Crippen LogP contribution in [-0.4, -0.2) is 32.3 Å². The highest BCUT2D eigenvalue weighted by molar-refractivity contribution is 7.89. The van der Waals surface area contributed by atoms with Crippen LogP contribution in [0.1, 0.15) is 48.0 Å². The molecule has 0 aliphatic heterocycles. The number of aryl methyl sites for hydroxylation is 1. The standard InChI is InChI=1S/C22H24ClN3O4S/c23-20-13-17(8-11-19(20)22(28)25-15-4-5-15)24-21(27)12-3-14-1-9-18(10-2-14)31(29,30)26-16-6-7-16/h1-2,8-11,13,15-16,26H,3-7,12H2,(H,24,27)(H,25,28). The number of anilines is 1. The highest BCUT2D eigenvalue weighted by Gasteiger charge is 2.28. The van der Waals surface area contributed by atoms with E-state index in [2.05, 4.69) is 15.4 Å². The van der Waals surface area contributed by atoms with Crippen LogP contribution in [0, 0.1) is 0 Å². The van der Waals surface area contributed by atoms with Gasteiger partial charge < -0.3 is 10.6 Å². The van der Waals surface area contributed by atoms with Crippen molar-refractivity contribution in [3.05, 3.63) is 58.6 Å². The lowest BCUT2D eigenvalue weighted by atomic mass is 10.1. The van der Waals surface area contributed by atoms with Gasteiger partial charge in [-0.05, 0) is 68.0 Å². The second-order valence-corrected chi connectivity index (χ2v) is 10.2. The van der Waals surface area contributed by atoms with Crippen molar-refractivity contribution >= 4 is 39.1 Å². The largest absolute Gasteiger partial charge is 0.349 e. The van der Waals surface area contributed by atoms with Gasteiger partial charge in [-0.3, -0.25) is 9.59 Å². The lowest BCUT2D eigenvalue weighted by Gasteiger charge is -2.10. The Labute approximate surface area is 186 Å². The number of sulfonamides is 1. The van der Waals surface area contributed by atoms with Crippen molar-refractivity contribution in [2.24, 2.45) is 0 Å². The van der Waals surface area contributed by atoms with Crippen molar-refractivity contribution in [3.63, 3.8) is 0 Å². The van der Waals surface area contributed by atoms with Crippen LogP contribution in [0.2, 0.25) is 5.02 Å². The summed E-state index contributed by atoms with van der Waals surface area (Å²) in [4.78, 5) is 24.6. The van der Waals surface area contributed by atoms with Crippen molar-refractivity contribution in [3.8, 4) is 0 Å². The number of carbonyl (C=O) groups is 2. The van der Waals surface area contributed by atoms with E-state index in [-0.39, 0.29) is 40.2 Å². The van der Waals surface area contributed by atoms with E-state index in [1.807, 2.05) is 0 Å². The first kappa shape index (κ1) is 21.8. The molecule has 2 aliphatic carbocycles. The number of hydrogen-bond donors (Lipinski definition) is 3. The molecule has 0 radical (unpaired) electrons. The summed E-state index contributed by atoms with van der Waals surface area (Å²) in [5.41, 5.74) is 1.77. The molecular formula is C22H24ClN3O4S. The number of amides is 2. The van der Waals surface area contributed by atoms with Crippen LogP contribution in [0.3, 0.4) is 0 Å². The molecule has 0 spiro atoms. The molecule has 3 N–H and O–H groups in total. The maximum Gasteiger partial charge on any atom is 0.253 e. The van der Waals surface area contributed by atoms with Crippen LogP contribution >= 0.6 is 11.6 Å². The summed E-state index contributed by atoms with van der Waals surface area (Å²) in [6, 6.07) is 11.7. The van der Waals surface area contributed by atoms with Crippen molar-refractivity contribution in [1.82, 2.24) is 10.0 Å². The lowest BCUT2D eigenvalue weighted by molar-refractivity contribution is -0.116. The molecule has 164 valence electrons. The monoisotopic (exact) mass is 461 g/mol. The summed E-state index contributed by atoms with van der Waals surface area (Å²) in [7, 11) is -3.47. The zero-order valence-electron chi connectivity index (χ0n) is 16.9. The van der Waals surface area contributed by atoms with Crippen LogP contribution in [0.15, 0.2) is 47.4 Å². The molecule has 0 aromatic heterocycles. The highest BCUT2D eigenvalue weighted by atomic mass is 35.5. The van der Waals surface area contributed by atoms with E-state index in [0.717, 1.165) is 31.2 Å². The van der Waals surface area contributed by atoms with Crippen LogP contribution < -0.4 is 15.4 Å². The van der Waals surface area contributed by atoms with Gasteiger partial charge >= 0.3 is 0 Å². The van der Waals surface area contributed by atoms with Gasteiger partial charge in [0.25, 0.3) is 5.91 Å². The number of nitrogens with one attached hydrogen (secondary N) is 3. The fraction of sp³-hybridized carbons (Fsp3) is 0.364. The molecule has 0 heterocycles. The zero-order valence-corrected chi connectivity index (χ0v) is 18.4. The molecule has 0 atom stereocenters. The summed E-state index contributed by atoms with van der Waals surface area (Å²) < 4.78 is 27.0. The summed E-state index contributed by atoms with van der Waals surface area (Å²) in [6.45, 7) is 0. The fourth-order valence-corrected chi connectivity index (χ4v) is 4.64. The van der Waals surface area contributed by atoms with Gasteiger partial charge in [0, 0.05) is 24.2 Å². The minimum Gasteiger partial charge on any atom is -0.349 e. The number of benzene rings is 2. The van der Waals surface area contributed by atoms with E-state index in [4.69, 9.17) is 11.6 Å². The van der Waals surface area contributed by atoms with Crippen LogP contribution in [0.4, 0.5) is 5.69 Å². The maximum atomic E-state index is 12.3. The molecule has 0 saturated heterocycles. The molecule has 31 heavy (non-hydrogen) atoms. The van der Waals surface area contributed by atoms with Gasteiger partial charge in [-0.1, -0.05) is 23.7 Å². The summed E-state index contributed by atoms with van der Waals surface area (Å²) >= 11 is 6.21. The molecule has 2 aromatic rings. The lowest BCUT2D eigenvalue weighted by Crippen LogP contribution is -2.25. The molecule has 2 fully saturated rings. The summed E-state index contributed by atoms with van der Waals surface area (Å²) in [5, 5.41) is 5.94. The molecule has 2 aliphatic rings. The van der Waals surface area contributed by atoms with Crippen molar-refractivity contribution < 1.29 is 18.0 Å². The Hall–Kier alpha value is -2.42. The van der Waals surface area contributed by atoms with E-state index in [1.165, 1.54) is 0 Å². The second-order valence-electron chi connectivity index (χ2n) is 8.03. The minimum absolute atomic E-state index is 0.0588. The van der Waals surface area contributed by atoms with Gasteiger partial charge in [0.1, 0.15) is 0 Å². The fourth-order valence-electron chi connectivity index (χ4n) is 3.07. The van der Waals surface area contributed by atoms with Crippen LogP contribution in [0.5, 0.6) is 0 Å². The van der Waals surface area contributed by atoms with Gasteiger partial charge in [-0.2, -0.15) is 0 Å². The maximum absolute atomic E-state index is 12.3. The molecule has 9 heteroatoms. The third-order valence-electron chi connectivity index (χ3n) is 5.18. The Morgan fingerprint density at radius 3 is 2.26 bits per heavy atom. The van der Waals surface area contributed by atoms with Crippen molar-refractivity contribution in [1.29, 1.82) is 0 Å². The smallest absolute Gasteiger partial charge is 0.253 e. The molecule has 4 rings (SSSR count). The van der Waals surface area contributed by atoms with Gasteiger partial charge in [-0.25, -0.2) is 13.1 Å². The SMILES string of the molecule is O=C(CCc1ccc(S(=O)(=O)NC2CC2)cc1)Nc1ccc(C(=O)NC2CC2)c(Cl)c1. The molecular weight excluding hydrogens is 438 g/mol. The van der Waals surface area contributed by atoms with Gasteiger partial charge in [-0.15, -0.1) is 0 Å². The normalized spacial score (nSPS) is 16.0. The Kier molecular flexibility index (Phi) is 6.31. The third kappa shape index (κ3) is 6.06. The van der Waals surface area contributed by atoms with E-state index < -0.39 is 10.0 Å². The van der Waals surface area contributed by atoms with Gasteiger partial charge in [0.05, 0.1) is 15.5 Å². The van der Waals surface area contributed by atoms with E-state index in [9.17, 15) is 18.0 Å². The molecule has 2 aromatic carbocycles. The quantitative estimate of drug-likeness (QED) is 0.533. The molecule has 2 amide bonds. The average Bonchev–Trinajstić information content (AvgIpc) is 3.64. The van der Waals surface area contributed by atoms with Crippen LogP contribution in [-0.2, 0) is 21.2 Å². The summed E-state index contributed by atoms with van der Waals surface area (Å²) in [5.74, 6) is -0.401. The Balaban J connectivity index is 1.28. The van der Waals surface area contributed by atoms with Gasteiger partial charge in [0.15, 0.2) is 0 Å². The first-order valence-electron chi connectivity index (χ1n) is 10.3. The number of rotatable bonds is 9. The Bertz CT molecular complexity index is 1090. The van der Waals surface area contributed by atoms with E-state index in [0.29, 0.717) is 17.7 Å². The highest BCUT2D eigenvalue weighted by Crippen LogP contribution is 2.25. The Morgan fingerprint density at radius 2 is 1.65 bits per heavy atom. The summed E-state index contributed by atoms with van der Waals surface area (Å²) in [6.07, 6.45) is 4.45. The first-order chi connectivity index (χ1) is 14.8. The number of carbonyl (C=O) groups excluding carboxylic acids is 2. The molecule has 0 unspecified atom stereocenters. The van der Waals surface area contributed by atoms with Gasteiger partial charge in [0.2, 0.25) is 15.9 Å². The van der Waals surface area contributed by atoms with E-state index in [1.54, 1.807) is 42.5 Å². The Morgan fingerprint density at radius 1 is 0.968 bits per heavy atom. The number of halogens is 1. The van der Waals surface area contributed by atoms with Crippen molar-refractivity contribution in [2.75, 3.05) is 5.32 Å². The third-order valence-corrected chi connectivity index (χ3v) is 7.03. The van der Waals surface area contributed by atoms with E-state index >= 15 is 0 Å². The van der Waals surface area contributed by atoms with Crippen LogP contribution in [0.25, 0.3) is 0 Å². The predicted molar refractivity (Wildman–Crippen MR) is 119 cm³/mol. The topological polar surface area (TPSA) is 104 Å². The van der Waals surface area contributed by atoms with Crippen molar-refractivity contribution in [2.45, 2.75) is 55.5 Å². The minimum atomic E-state index is -3.47. The molecule has 0 bridgehead atoms. The zero-order chi connectivity index (χ0) is 22.0. The first-order valence-corrected chi connectivity index (χ1v) is 12.2. The molecule has 7 nitrogen and oxygen atoms in total. The number of hydrogen-bond acceptors (Lipinski definition) is 4. The average molecular weight is 462 g/mol.